The van der Waals surface area contributed by atoms with E-state index in [1.165, 1.54) is 118 Å². The van der Waals surface area contributed by atoms with Crippen LogP contribution in [0, 0.1) is 124 Å². The third-order valence-corrected chi connectivity index (χ3v) is 16.1. The normalized spacial score (nSPS) is 95.1. The highest BCUT2D eigenvalue weighted by Gasteiger charge is 2.95. The fourth-order valence-corrected chi connectivity index (χ4v) is 15.9. The maximum atomic E-state index is 1.70. The minimum atomic E-state index is 1.01. The molecule has 12 rings (SSSR count). The number of rotatable bonds is 0. The lowest BCUT2D eigenvalue weighted by molar-refractivity contribution is -0.525. The Kier molecular flexibility index (Phi) is 1.30. The van der Waals surface area contributed by atoms with Gasteiger partial charge in [-0.05, 0) is 156 Å². The second-order valence-corrected chi connectivity index (χ2v) is 14.3. The van der Waals surface area contributed by atoms with Crippen molar-refractivity contribution >= 4 is 0 Å². The Morgan fingerprint density at radius 3 is 1.42 bits per heavy atom. The maximum Gasteiger partial charge on any atom is -0.0204 e. The SMILES string of the molecule is C1CC2C1C1C2C2C1C1C2C2C1C1C2C2C1C1C2C2C1C1CC3CCC312. The van der Waals surface area contributed by atoms with Gasteiger partial charge in [-0.1, -0.05) is 0 Å². The predicted molar refractivity (Wildman–Crippen MR) is 95.3 cm³/mol. The zero-order valence-electron chi connectivity index (χ0n) is 15.6. The first-order valence-electron chi connectivity index (χ1n) is 12.9. The van der Waals surface area contributed by atoms with Crippen molar-refractivity contribution in [1.29, 1.82) is 0 Å². The highest BCUT2D eigenvalue weighted by molar-refractivity contribution is 5.42. The van der Waals surface area contributed by atoms with E-state index in [2.05, 4.69) is 0 Å². The Bertz CT molecular complexity index is 858. The van der Waals surface area contributed by atoms with Crippen molar-refractivity contribution in [2.75, 3.05) is 0 Å². The van der Waals surface area contributed by atoms with Crippen LogP contribution < -0.4 is 0 Å². The van der Waals surface area contributed by atoms with Gasteiger partial charge in [0.2, 0.25) is 0 Å². The molecule has 0 bridgehead atoms. The van der Waals surface area contributed by atoms with Gasteiger partial charge in [-0.15, -0.1) is 0 Å². The third-order valence-electron chi connectivity index (χ3n) is 16.1. The molecule has 0 radical (unpaired) electrons. The Morgan fingerprint density at radius 1 is 0.462 bits per heavy atom. The van der Waals surface area contributed by atoms with E-state index in [-0.39, 0.29) is 0 Å². The van der Waals surface area contributed by atoms with Gasteiger partial charge in [0.05, 0.1) is 0 Å². The lowest BCUT2D eigenvalue weighted by Crippen LogP contribution is -2.96. The van der Waals surface area contributed by atoms with Crippen LogP contribution in [0.3, 0.4) is 0 Å². The smallest absolute Gasteiger partial charge is 0.0204 e. The molecule has 134 valence electrons. The largest absolute Gasteiger partial charge is 0.0496 e. The molecule has 26 heavy (non-hydrogen) atoms. The molecule has 12 saturated carbocycles. The zero-order chi connectivity index (χ0) is 15.6. The number of hydrogen-bond donors (Lipinski definition) is 0. The van der Waals surface area contributed by atoms with Crippen molar-refractivity contribution in [2.45, 2.75) is 32.1 Å². The van der Waals surface area contributed by atoms with Crippen LogP contribution in [-0.2, 0) is 0 Å². The Morgan fingerprint density at radius 2 is 0.962 bits per heavy atom. The molecular weight excluding hydrogens is 312 g/mol. The second kappa shape index (κ2) is 2.86. The van der Waals surface area contributed by atoms with E-state index in [9.17, 15) is 0 Å². The molecule has 0 aromatic heterocycles. The van der Waals surface area contributed by atoms with E-state index >= 15 is 0 Å². The van der Waals surface area contributed by atoms with Crippen LogP contribution in [0.1, 0.15) is 32.1 Å². The minimum absolute atomic E-state index is 1.01. The summed E-state index contributed by atoms with van der Waals surface area (Å²) in [7, 11) is 0. The monoisotopic (exact) mass is 342 g/mol. The quantitative estimate of drug-likeness (QED) is 0.572. The van der Waals surface area contributed by atoms with Gasteiger partial charge in [0.1, 0.15) is 0 Å². The predicted octanol–water partition coefficient (Wildman–Crippen LogP) is 4.41. The van der Waals surface area contributed by atoms with E-state index in [4.69, 9.17) is 0 Å². The summed E-state index contributed by atoms with van der Waals surface area (Å²) in [6.07, 6.45) is 8.31. The topological polar surface area (TPSA) is 0 Å². The van der Waals surface area contributed by atoms with Gasteiger partial charge in [0.15, 0.2) is 0 Å². The van der Waals surface area contributed by atoms with Crippen LogP contribution in [0.15, 0.2) is 0 Å². The number of fused-ring (bicyclic) bond motifs is 26. The molecule has 0 saturated heterocycles. The average molecular weight is 343 g/mol. The van der Waals surface area contributed by atoms with Gasteiger partial charge >= 0.3 is 0 Å². The first-order chi connectivity index (χ1) is 12.9. The summed E-state index contributed by atoms with van der Waals surface area (Å²) in [6, 6.07) is 0. The van der Waals surface area contributed by atoms with Crippen LogP contribution >= 0.6 is 0 Å². The van der Waals surface area contributed by atoms with Crippen molar-refractivity contribution in [3.8, 4) is 0 Å². The lowest BCUT2D eigenvalue weighted by atomic mass is 9.05. The Balaban J connectivity index is 0.898. The highest BCUT2D eigenvalue weighted by Crippen LogP contribution is 2.99. The third kappa shape index (κ3) is 0.676. The van der Waals surface area contributed by atoms with Crippen LogP contribution in [0.25, 0.3) is 0 Å². The summed E-state index contributed by atoms with van der Waals surface area (Å²) in [5.41, 5.74) is 1.01. The molecule has 0 nitrogen and oxygen atoms in total. The summed E-state index contributed by atoms with van der Waals surface area (Å²) in [5, 5.41) is 0. The van der Waals surface area contributed by atoms with E-state index in [1.807, 2.05) is 0 Å². The van der Waals surface area contributed by atoms with Gasteiger partial charge in [-0.25, -0.2) is 0 Å². The van der Waals surface area contributed by atoms with Crippen molar-refractivity contribution < 1.29 is 0 Å². The van der Waals surface area contributed by atoms with Crippen molar-refractivity contribution in [1.82, 2.24) is 0 Å². The summed E-state index contributed by atoms with van der Waals surface area (Å²) in [4.78, 5) is 0. The molecule has 0 N–H and O–H groups in total. The van der Waals surface area contributed by atoms with Crippen molar-refractivity contribution in [2.24, 2.45) is 124 Å². The average Bonchev–Trinajstić information content (AvgIpc) is 2.55. The first-order valence-corrected chi connectivity index (χ1v) is 12.9. The molecule has 12 aliphatic carbocycles. The summed E-state index contributed by atoms with van der Waals surface area (Å²) < 4.78 is 0. The molecule has 0 aliphatic heterocycles. The summed E-state index contributed by atoms with van der Waals surface area (Å²) in [6.45, 7) is 0. The van der Waals surface area contributed by atoms with Crippen molar-refractivity contribution in [3.63, 3.8) is 0 Å². The maximum absolute atomic E-state index is 1.70. The van der Waals surface area contributed by atoms with Crippen LogP contribution in [-0.4, -0.2) is 0 Å². The first kappa shape index (κ1) is 11.9. The van der Waals surface area contributed by atoms with Crippen LogP contribution in [0.5, 0.6) is 0 Å². The summed E-state index contributed by atoms with van der Waals surface area (Å²) >= 11 is 0. The van der Waals surface area contributed by atoms with Gasteiger partial charge in [-0.2, -0.15) is 0 Å². The highest BCUT2D eigenvalue weighted by atomic mass is 15.0. The molecule has 0 amide bonds. The number of hydrogen-bond acceptors (Lipinski definition) is 0. The van der Waals surface area contributed by atoms with Gasteiger partial charge in [0, 0.05) is 0 Å². The Labute approximate surface area is 156 Å². The van der Waals surface area contributed by atoms with Gasteiger partial charge < -0.3 is 0 Å². The van der Waals surface area contributed by atoms with Crippen LogP contribution in [0.4, 0.5) is 0 Å². The molecule has 12 aliphatic rings. The second-order valence-electron chi connectivity index (χ2n) is 14.3. The summed E-state index contributed by atoms with van der Waals surface area (Å²) in [5.74, 6) is 26.1. The van der Waals surface area contributed by atoms with Gasteiger partial charge in [0.25, 0.3) is 0 Å². The fourth-order valence-electron chi connectivity index (χ4n) is 15.9. The van der Waals surface area contributed by atoms with E-state index in [0.29, 0.717) is 0 Å². The molecule has 0 heterocycles. The molecule has 1 spiro atoms. The minimum Gasteiger partial charge on any atom is -0.0496 e. The Hall–Kier alpha value is 0. The van der Waals surface area contributed by atoms with E-state index in [0.717, 1.165) is 5.41 Å². The molecule has 0 heteroatoms. The molecule has 0 aromatic rings. The lowest BCUT2D eigenvalue weighted by Gasteiger charge is -2.99. The van der Waals surface area contributed by atoms with E-state index < -0.39 is 0 Å². The molecule has 0 aromatic carbocycles. The van der Waals surface area contributed by atoms with E-state index in [1.54, 1.807) is 32.1 Å². The van der Waals surface area contributed by atoms with Crippen LogP contribution in [0.2, 0.25) is 0 Å². The van der Waals surface area contributed by atoms with Crippen molar-refractivity contribution in [3.05, 3.63) is 0 Å². The molecule has 12 fully saturated rings. The zero-order valence-corrected chi connectivity index (χ0v) is 15.6. The molecular formula is C26H30. The standard InChI is InChI=1S/C26H30/c1-2-8-7(1)10-11(8)14-13(10)16-17(14)20-19(16)21-18-15-12-9-5-6-3-4-26(6,9)25(12)24(15)23(18)22(20)21/h6-25H,1-5H2. The fraction of sp³-hybridized carbons (Fsp3) is 1.00. The molecule has 21 unspecified atom stereocenters. The molecule has 21 atom stereocenters. The van der Waals surface area contributed by atoms with Gasteiger partial charge in [-0.3, -0.25) is 0 Å².